The van der Waals surface area contributed by atoms with Gasteiger partial charge in [0.05, 0.1) is 4.90 Å². The van der Waals surface area contributed by atoms with Crippen LogP contribution >= 0.6 is 0 Å². The maximum absolute atomic E-state index is 11.2. The van der Waals surface area contributed by atoms with E-state index in [0.717, 1.165) is 24.8 Å². The number of phenolic OH excluding ortho intramolecular Hbond substituents is 1. The molecule has 2 N–H and O–H groups in total. The van der Waals surface area contributed by atoms with E-state index in [0.29, 0.717) is 11.5 Å². The lowest BCUT2D eigenvalue weighted by Gasteiger charge is -2.13. The molecule has 0 radical (unpaired) electrons. The highest BCUT2D eigenvalue weighted by Crippen LogP contribution is 2.33. The highest BCUT2D eigenvalue weighted by atomic mass is 32.2. The Balaban J connectivity index is 1.73. The van der Waals surface area contributed by atoms with Gasteiger partial charge >= 0.3 is 0 Å². The van der Waals surface area contributed by atoms with Crippen LogP contribution in [0.25, 0.3) is 0 Å². The molecule has 0 saturated heterocycles. The number of phenols is 1. The van der Waals surface area contributed by atoms with E-state index < -0.39 is 10.1 Å². The molecule has 2 aromatic rings. The molecule has 0 bridgehead atoms. The minimum absolute atomic E-state index is 0.183. The summed E-state index contributed by atoms with van der Waals surface area (Å²) in [6.07, 6.45) is 16.1. The summed E-state index contributed by atoms with van der Waals surface area (Å²) in [7, 11) is -4.23. The highest BCUT2D eigenvalue weighted by Gasteiger charge is 2.12. The number of hydrogen-bond acceptors (Lipinski definition) is 4. The Kier molecular flexibility index (Phi) is 11.6. The lowest BCUT2D eigenvalue weighted by Crippen LogP contribution is -1.98. The molecule has 32 heavy (non-hydrogen) atoms. The summed E-state index contributed by atoms with van der Waals surface area (Å²) < 4.78 is 37.3. The number of unbranched alkanes of at least 4 members (excludes halogenated alkanes) is 11. The van der Waals surface area contributed by atoms with E-state index in [9.17, 15) is 13.5 Å². The van der Waals surface area contributed by atoms with E-state index in [1.807, 2.05) is 0 Å². The molecule has 6 heteroatoms. The summed E-state index contributed by atoms with van der Waals surface area (Å²) in [5.74, 6) is 1.21. The number of rotatable bonds is 16. The summed E-state index contributed by atoms with van der Waals surface area (Å²) in [5.41, 5.74) is 0.762. The average Bonchev–Trinajstić information content (AvgIpc) is 2.76. The Labute approximate surface area is 193 Å². The van der Waals surface area contributed by atoms with Crippen molar-refractivity contribution in [2.75, 3.05) is 0 Å². The van der Waals surface area contributed by atoms with Gasteiger partial charge in [0.2, 0.25) is 0 Å². The minimum Gasteiger partial charge on any atom is -0.508 e. The van der Waals surface area contributed by atoms with E-state index in [1.54, 1.807) is 18.2 Å². The zero-order chi connectivity index (χ0) is 23.2. The third-order valence-electron chi connectivity index (χ3n) is 5.74. The Hall–Kier alpha value is -2.05. The second kappa shape index (κ2) is 14.2. The second-order valence-electron chi connectivity index (χ2n) is 8.44. The summed E-state index contributed by atoms with van der Waals surface area (Å²) in [5, 5.41) is 10.3. The predicted molar refractivity (Wildman–Crippen MR) is 129 cm³/mol. The zero-order valence-corrected chi connectivity index (χ0v) is 20.1. The van der Waals surface area contributed by atoms with Gasteiger partial charge in [0, 0.05) is 5.56 Å². The van der Waals surface area contributed by atoms with E-state index in [-0.39, 0.29) is 10.6 Å². The molecule has 0 fully saturated rings. The van der Waals surface area contributed by atoms with Gasteiger partial charge < -0.3 is 9.84 Å². The lowest BCUT2D eigenvalue weighted by molar-refractivity contribution is 0.440. The summed E-state index contributed by atoms with van der Waals surface area (Å²) in [4.78, 5) is -0.183. The molecule has 0 amide bonds. The molecule has 0 saturated carbocycles. The van der Waals surface area contributed by atoms with Crippen molar-refractivity contribution in [1.82, 2.24) is 0 Å². The van der Waals surface area contributed by atoms with Gasteiger partial charge in [-0.2, -0.15) is 8.42 Å². The molecule has 5 nitrogen and oxygen atoms in total. The third-order valence-corrected chi connectivity index (χ3v) is 6.61. The van der Waals surface area contributed by atoms with Crippen LogP contribution in [0.4, 0.5) is 0 Å². The minimum atomic E-state index is -4.23. The predicted octanol–water partition coefficient (Wildman–Crippen LogP) is 7.67. The van der Waals surface area contributed by atoms with Crippen LogP contribution in [-0.2, 0) is 16.5 Å². The highest BCUT2D eigenvalue weighted by molar-refractivity contribution is 7.85. The zero-order valence-electron chi connectivity index (χ0n) is 19.3. The molecule has 0 aliphatic heterocycles. The van der Waals surface area contributed by atoms with Crippen LogP contribution in [0, 0.1) is 0 Å². The molecule has 0 unspecified atom stereocenters. The Morgan fingerprint density at radius 2 is 1.28 bits per heavy atom. The molecular weight excluding hydrogens is 424 g/mol. The van der Waals surface area contributed by atoms with Crippen molar-refractivity contribution in [3.63, 3.8) is 0 Å². The first-order chi connectivity index (χ1) is 15.4. The number of ether oxygens (including phenoxy) is 1. The van der Waals surface area contributed by atoms with Crippen molar-refractivity contribution in [2.24, 2.45) is 0 Å². The van der Waals surface area contributed by atoms with Crippen LogP contribution in [0.5, 0.6) is 17.2 Å². The summed E-state index contributed by atoms with van der Waals surface area (Å²) in [6.45, 7) is 2.25. The Morgan fingerprint density at radius 3 is 1.81 bits per heavy atom. The average molecular weight is 463 g/mol. The maximum Gasteiger partial charge on any atom is 0.294 e. The van der Waals surface area contributed by atoms with Gasteiger partial charge in [-0.25, -0.2) is 0 Å². The number of hydrogen-bond donors (Lipinski definition) is 2. The third kappa shape index (κ3) is 9.61. The molecule has 178 valence electrons. The van der Waals surface area contributed by atoms with Crippen molar-refractivity contribution >= 4 is 10.1 Å². The van der Waals surface area contributed by atoms with Gasteiger partial charge in [-0.1, -0.05) is 83.6 Å². The van der Waals surface area contributed by atoms with Crippen LogP contribution < -0.4 is 4.74 Å². The molecule has 2 rings (SSSR count). The monoisotopic (exact) mass is 462 g/mol. The molecule has 0 spiro atoms. The molecule has 0 atom stereocenters. The van der Waals surface area contributed by atoms with Crippen molar-refractivity contribution in [3.8, 4) is 17.2 Å². The number of benzene rings is 2. The van der Waals surface area contributed by atoms with Gasteiger partial charge in [0.25, 0.3) is 10.1 Å². The van der Waals surface area contributed by atoms with E-state index in [2.05, 4.69) is 6.92 Å². The first-order valence-electron chi connectivity index (χ1n) is 12.0. The normalized spacial score (nSPS) is 11.6. The van der Waals surface area contributed by atoms with Crippen molar-refractivity contribution < 1.29 is 22.8 Å². The molecule has 0 aliphatic carbocycles. The van der Waals surface area contributed by atoms with Crippen molar-refractivity contribution in [3.05, 3.63) is 48.0 Å². The van der Waals surface area contributed by atoms with Crippen LogP contribution in [0.3, 0.4) is 0 Å². The van der Waals surface area contributed by atoms with Crippen LogP contribution in [0.2, 0.25) is 0 Å². The van der Waals surface area contributed by atoms with Crippen LogP contribution in [0.15, 0.2) is 47.4 Å². The summed E-state index contributed by atoms with van der Waals surface area (Å²) in [6, 6.07) is 10.7. The number of aromatic hydroxyl groups is 1. The Morgan fingerprint density at radius 1 is 0.750 bits per heavy atom. The largest absolute Gasteiger partial charge is 0.508 e. The Bertz CT molecular complexity index is 891. The smallest absolute Gasteiger partial charge is 0.294 e. The fourth-order valence-corrected chi connectivity index (χ4v) is 4.33. The quantitative estimate of drug-likeness (QED) is 0.197. The van der Waals surface area contributed by atoms with Gasteiger partial charge in [-0.3, -0.25) is 4.55 Å². The van der Waals surface area contributed by atoms with Gasteiger partial charge in [-0.05, 0) is 49.2 Å². The molecular formula is C26H38O5S. The molecule has 0 aromatic heterocycles. The van der Waals surface area contributed by atoms with Gasteiger partial charge in [0.15, 0.2) is 0 Å². The van der Waals surface area contributed by atoms with Crippen LogP contribution in [-0.4, -0.2) is 18.1 Å². The summed E-state index contributed by atoms with van der Waals surface area (Å²) >= 11 is 0. The van der Waals surface area contributed by atoms with Gasteiger partial charge in [0.1, 0.15) is 17.2 Å². The van der Waals surface area contributed by atoms with Crippen LogP contribution in [0.1, 0.15) is 89.5 Å². The molecule has 0 heterocycles. The first-order valence-corrected chi connectivity index (χ1v) is 13.4. The molecule has 0 aliphatic rings. The first kappa shape index (κ1) is 26.2. The van der Waals surface area contributed by atoms with Crippen molar-refractivity contribution in [2.45, 2.75) is 95.3 Å². The van der Waals surface area contributed by atoms with Gasteiger partial charge in [-0.15, -0.1) is 0 Å². The van der Waals surface area contributed by atoms with Crippen molar-refractivity contribution in [1.29, 1.82) is 0 Å². The maximum atomic E-state index is 11.2. The second-order valence-corrected chi connectivity index (χ2v) is 9.86. The lowest BCUT2D eigenvalue weighted by atomic mass is 10.0. The fraction of sp³-hybridized carbons (Fsp3) is 0.538. The standard InChI is InChI=1S/C26H38O5S/c1-2-3-4-5-6-7-8-9-10-11-12-13-15-24-25(27)16-14-17-26(24)31-22-18-20-23(21-19-22)32(28,29)30/h14,16-21,27H,2-13,15H2,1H3,(H,28,29,30). The molecule has 2 aromatic carbocycles. The van der Waals surface area contributed by atoms with E-state index >= 15 is 0 Å². The van der Waals surface area contributed by atoms with E-state index in [1.165, 1.54) is 88.5 Å². The topological polar surface area (TPSA) is 83.8 Å². The van der Waals surface area contributed by atoms with E-state index in [4.69, 9.17) is 9.29 Å². The fourth-order valence-electron chi connectivity index (χ4n) is 3.85. The SMILES string of the molecule is CCCCCCCCCCCCCCc1c(O)cccc1Oc1ccc(S(=O)(=O)O)cc1.